The zero-order valence-electron chi connectivity index (χ0n) is 10.2. The van der Waals surface area contributed by atoms with Crippen molar-refractivity contribution in [2.24, 2.45) is 4.40 Å². The van der Waals surface area contributed by atoms with Gasteiger partial charge in [0, 0.05) is 0 Å². The molecule has 0 aliphatic rings. The van der Waals surface area contributed by atoms with Crippen LogP contribution >= 0.6 is 15.9 Å². The Hall–Kier alpha value is -0.460. The van der Waals surface area contributed by atoms with Crippen LogP contribution in [0.3, 0.4) is 0 Å². The maximum Gasteiger partial charge on any atom is 0.137 e. The molecule has 0 spiro atoms. The summed E-state index contributed by atoms with van der Waals surface area (Å²) in [7, 11) is 0. The molecule has 4 nitrogen and oxygen atoms in total. The van der Waals surface area contributed by atoms with E-state index in [1.54, 1.807) is 12.4 Å². The summed E-state index contributed by atoms with van der Waals surface area (Å²) in [5.74, 6) is 0. The number of nitrogens with zero attached hydrogens (tertiary/aromatic N) is 3. The van der Waals surface area contributed by atoms with E-state index in [9.17, 15) is 4.55 Å². The van der Waals surface area contributed by atoms with E-state index in [-0.39, 0.29) is 5.25 Å². The molecule has 0 amide bonds. The van der Waals surface area contributed by atoms with E-state index >= 15 is 0 Å². The van der Waals surface area contributed by atoms with Crippen LogP contribution in [0.15, 0.2) is 21.4 Å². The molecule has 1 unspecified atom stereocenters. The molecular weight excluding hydrogens is 302 g/mol. The van der Waals surface area contributed by atoms with Crippen molar-refractivity contribution in [3.63, 3.8) is 0 Å². The van der Waals surface area contributed by atoms with Gasteiger partial charge in [0.05, 0.1) is 23.8 Å². The molecule has 0 fully saturated rings. The van der Waals surface area contributed by atoms with E-state index in [4.69, 9.17) is 0 Å². The molecule has 0 aromatic carbocycles. The van der Waals surface area contributed by atoms with E-state index < -0.39 is 11.4 Å². The number of hydrogen-bond acceptors (Lipinski definition) is 4. The first-order valence-corrected chi connectivity index (χ1v) is 7.47. The van der Waals surface area contributed by atoms with Gasteiger partial charge in [-0.3, -0.25) is 4.98 Å². The summed E-state index contributed by atoms with van der Waals surface area (Å²) in [5.41, 5.74) is 1.45. The Morgan fingerprint density at radius 3 is 2.76 bits per heavy atom. The third-order valence-corrected chi connectivity index (χ3v) is 3.58. The quantitative estimate of drug-likeness (QED) is 0.619. The van der Waals surface area contributed by atoms with Crippen LogP contribution in [-0.4, -0.2) is 25.5 Å². The Kier molecular flexibility index (Phi) is 6.08. The first-order valence-electron chi connectivity index (χ1n) is 5.50. The average molecular weight is 318 g/mol. The highest BCUT2D eigenvalue weighted by molar-refractivity contribution is 9.10. The van der Waals surface area contributed by atoms with Crippen LogP contribution < -0.4 is 0 Å². The maximum absolute atomic E-state index is 11.8. The predicted molar refractivity (Wildman–Crippen MR) is 74.5 cm³/mol. The Labute approximate surface area is 113 Å². The van der Waals surface area contributed by atoms with Gasteiger partial charge in [-0.15, -0.1) is 0 Å². The fourth-order valence-corrected chi connectivity index (χ4v) is 2.07. The molecule has 1 aromatic rings. The van der Waals surface area contributed by atoms with Crippen molar-refractivity contribution in [2.75, 3.05) is 0 Å². The van der Waals surface area contributed by atoms with Gasteiger partial charge in [0.2, 0.25) is 0 Å². The second-order valence-corrected chi connectivity index (χ2v) is 6.33. The van der Waals surface area contributed by atoms with Crippen LogP contribution in [0.25, 0.3) is 0 Å². The first-order chi connectivity index (χ1) is 8.04. The highest BCUT2D eigenvalue weighted by Crippen LogP contribution is 2.12. The zero-order valence-corrected chi connectivity index (χ0v) is 12.6. The minimum Gasteiger partial charge on any atom is -0.591 e. The second kappa shape index (κ2) is 7.08. The number of halogens is 1. The third-order valence-electron chi connectivity index (χ3n) is 1.99. The van der Waals surface area contributed by atoms with Gasteiger partial charge in [0.25, 0.3) is 0 Å². The lowest BCUT2D eigenvalue weighted by Gasteiger charge is -2.09. The number of rotatable bonds is 5. The summed E-state index contributed by atoms with van der Waals surface area (Å²) in [5, 5.41) is 0.0157. The lowest BCUT2D eigenvalue weighted by Crippen LogP contribution is -2.15. The largest absolute Gasteiger partial charge is 0.591 e. The van der Waals surface area contributed by atoms with Gasteiger partial charge in [-0.1, -0.05) is 17.7 Å². The number of hydrogen-bond donors (Lipinski definition) is 0. The van der Waals surface area contributed by atoms with Crippen molar-refractivity contribution >= 4 is 33.0 Å². The highest BCUT2D eigenvalue weighted by Gasteiger charge is 2.15. The van der Waals surface area contributed by atoms with Crippen LogP contribution in [0.5, 0.6) is 0 Å². The molecule has 0 N–H and O–H groups in total. The van der Waals surface area contributed by atoms with Crippen molar-refractivity contribution in [3.05, 3.63) is 22.7 Å². The molecule has 0 saturated heterocycles. The van der Waals surface area contributed by atoms with Crippen LogP contribution in [0.4, 0.5) is 0 Å². The average Bonchev–Trinajstić information content (AvgIpc) is 2.28. The van der Waals surface area contributed by atoms with Crippen LogP contribution in [0.2, 0.25) is 0 Å². The molecule has 1 aromatic heterocycles. The molecule has 1 atom stereocenters. The summed E-state index contributed by atoms with van der Waals surface area (Å²) in [4.78, 5) is 8.34. The van der Waals surface area contributed by atoms with Gasteiger partial charge in [-0.05, 0) is 36.2 Å². The van der Waals surface area contributed by atoms with Crippen molar-refractivity contribution < 1.29 is 4.55 Å². The van der Waals surface area contributed by atoms with Gasteiger partial charge in [0.1, 0.15) is 21.3 Å². The van der Waals surface area contributed by atoms with Crippen LogP contribution in [0.1, 0.15) is 39.3 Å². The van der Waals surface area contributed by atoms with Crippen LogP contribution in [-0.2, 0) is 11.4 Å². The summed E-state index contributed by atoms with van der Waals surface area (Å²) < 4.78 is 16.7. The molecule has 94 valence electrons. The predicted octanol–water partition coefficient (Wildman–Crippen LogP) is 2.90. The Morgan fingerprint density at radius 1 is 1.53 bits per heavy atom. The van der Waals surface area contributed by atoms with E-state index in [0.29, 0.717) is 10.3 Å². The summed E-state index contributed by atoms with van der Waals surface area (Å²) >= 11 is 2.07. The summed E-state index contributed by atoms with van der Waals surface area (Å²) in [6, 6.07) is 0. The SMILES string of the molecule is CCC/C(=N\[S+]([O-])C(C)C)c1cncc(Br)n1. The number of aromatic nitrogens is 2. The molecule has 0 bridgehead atoms. The fourth-order valence-electron chi connectivity index (χ4n) is 1.15. The molecule has 1 heterocycles. The van der Waals surface area contributed by atoms with Crippen molar-refractivity contribution in [2.45, 2.75) is 38.9 Å². The van der Waals surface area contributed by atoms with E-state index in [1.165, 1.54) is 0 Å². The molecule has 17 heavy (non-hydrogen) atoms. The highest BCUT2D eigenvalue weighted by atomic mass is 79.9. The van der Waals surface area contributed by atoms with E-state index in [2.05, 4.69) is 37.2 Å². The zero-order chi connectivity index (χ0) is 12.8. The normalized spacial score (nSPS) is 14.1. The third kappa shape index (κ3) is 4.73. The maximum atomic E-state index is 11.8. The van der Waals surface area contributed by atoms with Gasteiger partial charge in [0.15, 0.2) is 0 Å². The summed E-state index contributed by atoms with van der Waals surface area (Å²) in [6.07, 6.45) is 4.95. The van der Waals surface area contributed by atoms with Crippen molar-refractivity contribution in [3.8, 4) is 0 Å². The van der Waals surface area contributed by atoms with Crippen molar-refractivity contribution in [1.29, 1.82) is 0 Å². The molecule has 1 rings (SSSR count). The Morgan fingerprint density at radius 2 is 2.24 bits per heavy atom. The van der Waals surface area contributed by atoms with Gasteiger partial charge < -0.3 is 4.55 Å². The topological polar surface area (TPSA) is 61.2 Å². The van der Waals surface area contributed by atoms with Crippen LogP contribution in [0, 0.1) is 0 Å². The molecular formula is C11H16BrN3OS. The molecule has 0 saturated carbocycles. The van der Waals surface area contributed by atoms with Gasteiger partial charge in [-0.2, -0.15) is 0 Å². The van der Waals surface area contributed by atoms with E-state index in [0.717, 1.165) is 18.6 Å². The minimum absolute atomic E-state index is 0.0157. The smallest absolute Gasteiger partial charge is 0.137 e. The van der Waals surface area contributed by atoms with Crippen molar-refractivity contribution in [1.82, 2.24) is 9.97 Å². The Balaban J connectivity index is 3.00. The monoisotopic (exact) mass is 317 g/mol. The lowest BCUT2D eigenvalue weighted by molar-refractivity contribution is 0.588. The second-order valence-electron chi connectivity index (χ2n) is 3.84. The Bertz CT molecular complexity index is 398. The van der Waals surface area contributed by atoms with Gasteiger partial charge in [-0.25, -0.2) is 4.98 Å². The fraction of sp³-hybridized carbons (Fsp3) is 0.545. The molecule has 6 heteroatoms. The molecule has 0 aliphatic heterocycles. The van der Waals surface area contributed by atoms with E-state index in [1.807, 2.05) is 13.8 Å². The minimum atomic E-state index is -1.21. The van der Waals surface area contributed by atoms with Gasteiger partial charge >= 0.3 is 0 Å². The lowest BCUT2D eigenvalue weighted by atomic mass is 10.2. The summed E-state index contributed by atoms with van der Waals surface area (Å²) in [6.45, 7) is 5.82. The standard InChI is InChI=1S/C11H16BrN3OS/c1-4-5-9(15-17(16)8(2)3)10-6-13-7-11(12)14-10/h6-8H,4-5H2,1-3H3/b15-9+. The first kappa shape index (κ1) is 14.6. The molecule has 0 aliphatic carbocycles. The molecule has 0 radical (unpaired) electrons.